The fourth-order valence-corrected chi connectivity index (χ4v) is 2.35. The molecular formula is C16H22N2O. The fourth-order valence-electron chi connectivity index (χ4n) is 2.35. The molecule has 1 aromatic carbocycles. The SMILES string of the molecule is CCc1c(-c2ccc(C)cc2)c(O)nn1CC(C)C. The summed E-state index contributed by atoms with van der Waals surface area (Å²) in [5, 5.41) is 14.4. The Bertz CT molecular complexity index is 553. The molecule has 1 aromatic heterocycles. The molecule has 19 heavy (non-hydrogen) atoms. The Morgan fingerprint density at radius 1 is 1.21 bits per heavy atom. The molecule has 1 N–H and O–H groups in total. The molecule has 3 heteroatoms. The normalized spacial score (nSPS) is 11.2. The third kappa shape index (κ3) is 2.80. The Morgan fingerprint density at radius 2 is 1.84 bits per heavy atom. The van der Waals surface area contributed by atoms with Crippen molar-refractivity contribution in [3.63, 3.8) is 0 Å². The molecular weight excluding hydrogens is 236 g/mol. The van der Waals surface area contributed by atoms with E-state index in [-0.39, 0.29) is 5.88 Å². The number of aromatic nitrogens is 2. The van der Waals surface area contributed by atoms with E-state index in [4.69, 9.17) is 0 Å². The number of hydrogen-bond donors (Lipinski definition) is 1. The molecule has 0 fully saturated rings. The molecule has 0 atom stereocenters. The first-order valence-corrected chi connectivity index (χ1v) is 6.88. The van der Waals surface area contributed by atoms with Gasteiger partial charge in [0.25, 0.3) is 0 Å². The van der Waals surface area contributed by atoms with Gasteiger partial charge in [-0.15, -0.1) is 5.10 Å². The van der Waals surface area contributed by atoms with E-state index < -0.39 is 0 Å². The molecule has 2 rings (SSSR count). The molecule has 2 aromatic rings. The van der Waals surface area contributed by atoms with Gasteiger partial charge in [-0.05, 0) is 24.8 Å². The average Bonchev–Trinajstić information content (AvgIpc) is 2.65. The predicted molar refractivity (Wildman–Crippen MR) is 78.3 cm³/mol. The molecule has 0 aliphatic carbocycles. The van der Waals surface area contributed by atoms with Gasteiger partial charge in [-0.3, -0.25) is 4.68 Å². The molecule has 0 unspecified atom stereocenters. The first-order valence-electron chi connectivity index (χ1n) is 6.88. The van der Waals surface area contributed by atoms with Crippen molar-refractivity contribution in [1.82, 2.24) is 9.78 Å². The molecule has 0 radical (unpaired) electrons. The van der Waals surface area contributed by atoms with Crippen LogP contribution in [0.2, 0.25) is 0 Å². The summed E-state index contributed by atoms with van der Waals surface area (Å²) >= 11 is 0. The number of rotatable bonds is 4. The van der Waals surface area contributed by atoms with Crippen molar-refractivity contribution in [2.24, 2.45) is 5.92 Å². The monoisotopic (exact) mass is 258 g/mol. The Hall–Kier alpha value is -1.77. The van der Waals surface area contributed by atoms with E-state index in [1.54, 1.807) is 0 Å². The van der Waals surface area contributed by atoms with Gasteiger partial charge in [0.2, 0.25) is 5.88 Å². The van der Waals surface area contributed by atoms with Gasteiger partial charge in [0.15, 0.2) is 0 Å². The van der Waals surface area contributed by atoms with Crippen LogP contribution in [0.4, 0.5) is 0 Å². The summed E-state index contributed by atoms with van der Waals surface area (Å²) < 4.78 is 1.94. The third-order valence-electron chi connectivity index (χ3n) is 3.25. The van der Waals surface area contributed by atoms with Gasteiger partial charge >= 0.3 is 0 Å². The van der Waals surface area contributed by atoms with Crippen LogP contribution in [0.3, 0.4) is 0 Å². The number of aromatic hydroxyl groups is 1. The summed E-state index contributed by atoms with van der Waals surface area (Å²) in [5.74, 6) is 0.650. The van der Waals surface area contributed by atoms with Crippen LogP contribution in [-0.4, -0.2) is 14.9 Å². The minimum atomic E-state index is 0.140. The van der Waals surface area contributed by atoms with E-state index >= 15 is 0 Å². The highest BCUT2D eigenvalue weighted by atomic mass is 16.3. The first-order chi connectivity index (χ1) is 9.02. The Kier molecular flexibility index (Phi) is 3.93. The molecule has 0 aliphatic heterocycles. The van der Waals surface area contributed by atoms with Crippen LogP contribution in [0.15, 0.2) is 24.3 Å². The summed E-state index contributed by atoms with van der Waals surface area (Å²) in [6.07, 6.45) is 0.865. The molecule has 0 bridgehead atoms. The van der Waals surface area contributed by atoms with Crippen LogP contribution in [-0.2, 0) is 13.0 Å². The highest BCUT2D eigenvalue weighted by Gasteiger charge is 2.18. The minimum absolute atomic E-state index is 0.140. The van der Waals surface area contributed by atoms with E-state index in [0.29, 0.717) is 5.92 Å². The number of nitrogens with zero attached hydrogens (tertiary/aromatic N) is 2. The Balaban J connectivity index is 2.50. The van der Waals surface area contributed by atoms with Crippen molar-refractivity contribution in [3.8, 4) is 17.0 Å². The van der Waals surface area contributed by atoms with Gasteiger partial charge in [0, 0.05) is 12.2 Å². The summed E-state index contributed by atoms with van der Waals surface area (Å²) in [6, 6.07) is 8.22. The number of hydrogen-bond acceptors (Lipinski definition) is 2. The van der Waals surface area contributed by atoms with Crippen LogP contribution < -0.4 is 0 Å². The molecule has 102 valence electrons. The van der Waals surface area contributed by atoms with Crippen molar-refractivity contribution in [1.29, 1.82) is 0 Å². The second-order valence-electron chi connectivity index (χ2n) is 5.44. The van der Waals surface area contributed by atoms with Crippen LogP contribution in [0.25, 0.3) is 11.1 Å². The van der Waals surface area contributed by atoms with Crippen LogP contribution >= 0.6 is 0 Å². The van der Waals surface area contributed by atoms with E-state index in [0.717, 1.165) is 29.8 Å². The maximum absolute atomic E-state index is 10.1. The van der Waals surface area contributed by atoms with Crippen molar-refractivity contribution in [2.45, 2.75) is 40.7 Å². The van der Waals surface area contributed by atoms with Gasteiger partial charge in [-0.1, -0.05) is 50.6 Å². The van der Waals surface area contributed by atoms with Gasteiger partial charge in [0.05, 0.1) is 5.56 Å². The lowest BCUT2D eigenvalue weighted by Crippen LogP contribution is -2.09. The van der Waals surface area contributed by atoms with E-state index in [2.05, 4.69) is 44.9 Å². The van der Waals surface area contributed by atoms with Gasteiger partial charge in [-0.25, -0.2) is 0 Å². The summed E-state index contributed by atoms with van der Waals surface area (Å²) in [7, 11) is 0. The fraction of sp³-hybridized carbons (Fsp3) is 0.438. The lowest BCUT2D eigenvalue weighted by molar-refractivity contribution is 0.417. The zero-order valence-electron chi connectivity index (χ0n) is 12.1. The first kappa shape index (κ1) is 13.7. The molecule has 0 saturated carbocycles. The summed E-state index contributed by atoms with van der Waals surface area (Å²) in [6.45, 7) is 9.31. The summed E-state index contributed by atoms with van der Waals surface area (Å²) in [4.78, 5) is 0. The molecule has 3 nitrogen and oxygen atoms in total. The predicted octanol–water partition coefficient (Wildman–Crippen LogP) is 3.78. The van der Waals surface area contributed by atoms with E-state index in [1.165, 1.54) is 5.56 Å². The second-order valence-corrected chi connectivity index (χ2v) is 5.44. The van der Waals surface area contributed by atoms with Crippen LogP contribution in [0.1, 0.15) is 32.0 Å². The van der Waals surface area contributed by atoms with Crippen molar-refractivity contribution in [3.05, 3.63) is 35.5 Å². The maximum Gasteiger partial charge on any atom is 0.238 e. The molecule has 0 spiro atoms. The molecule has 0 aliphatic rings. The highest BCUT2D eigenvalue weighted by molar-refractivity contribution is 5.71. The quantitative estimate of drug-likeness (QED) is 0.906. The van der Waals surface area contributed by atoms with Crippen LogP contribution in [0, 0.1) is 12.8 Å². The van der Waals surface area contributed by atoms with E-state index in [1.807, 2.05) is 16.8 Å². The highest BCUT2D eigenvalue weighted by Crippen LogP contribution is 2.33. The Morgan fingerprint density at radius 3 is 2.37 bits per heavy atom. The zero-order chi connectivity index (χ0) is 14.0. The van der Waals surface area contributed by atoms with Gasteiger partial charge in [0.1, 0.15) is 0 Å². The lowest BCUT2D eigenvalue weighted by atomic mass is 10.0. The van der Waals surface area contributed by atoms with Gasteiger partial charge in [-0.2, -0.15) is 0 Å². The van der Waals surface area contributed by atoms with Crippen molar-refractivity contribution < 1.29 is 5.11 Å². The molecule has 0 saturated heterocycles. The van der Waals surface area contributed by atoms with Gasteiger partial charge < -0.3 is 5.11 Å². The van der Waals surface area contributed by atoms with Crippen LogP contribution in [0.5, 0.6) is 5.88 Å². The zero-order valence-corrected chi connectivity index (χ0v) is 12.1. The number of benzene rings is 1. The largest absolute Gasteiger partial charge is 0.492 e. The Labute approximate surface area is 114 Å². The molecule has 1 heterocycles. The number of aryl methyl sites for hydroxylation is 1. The minimum Gasteiger partial charge on any atom is -0.492 e. The molecule has 0 amide bonds. The lowest BCUT2D eigenvalue weighted by Gasteiger charge is -2.09. The van der Waals surface area contributed by atoms with E-state index in [9.17, 15) is 5.11 Å². The topological polar surface area (TPSA) is 38.1 Å². The van der Waals surface area contributed by atoms with Crippen molar-refractivity contribution >= 4 is 0 Å². The maximum atomic E-state index is 10.1. The average molecular weight is 258 g/mol. The third-order valence-corrected chi connectivity index (χ3v) is 3.25. The standard InChI is InChI=1S/C16H22N2O/c1-5-14-15(13-8-6-12(4)7-9-13)16(19)17-18(14)10-11(2)3/h6-9,11H,5,10H2,1-4H3,(H,17,19). The summed E-state index contributed by atoms with van der Waals surface area (Å²) in [5.41, 5.74) is 4.24. The smallest absolute Gasteiger partial charge is 0.238 e. The second kappa shape index (κ2) is 5.47. The van der Waals surface area contributed by atoms with Crippen molar-refractivity contribution in [2.75, 3.05) is 0 Å².